The number of rotatable bonds is 3. The number of halogens is 1. The van der Waals surface area contributed by atoms with Crippen LogP contribution in [0.4, 0.5) is 0 Å². The van der Waals surface area contributed by atoms with Gasteiger partial charge >= 0.3 is 0 Å². The molecule has 0 saturated carbocycles. The van der Waals surface area contributed by atoms with E-state index in [1.54, 1.807) is 0 Å². The molecule has 1 amide bonds. The minimum absolute atomic E-state index is 0. The van der Waals surface area contributed by atoms with Gasteiger partial charge in [-0.05, 0) is 31.6 Å². The van der Waals surface area contributed by atoms with Crippen molar-refractivity contribution in [3.63, 3.8) is 0 Å². The van der Waals surface area contributed by atoms with Gasteiger partial charge in [0.2, 0.25) is 5.91 Å². The maximum absolute atomic E-state index is 11.8. The molecule has 0 aromatic rings. The third kappa shape index (κ3) is 4.70. The standard InChI is InChI=1S/C14H26N4O2.HI/c1-11-2-6-18(7-3-11)13(16)17-10-14(12(15)19)4-8-20-9-5-14;/h11H,2-10H2,1H3,(H2,15,19)(H2,16,17);1H. The molecule has 2 fully saturated rings. The van der Waals surface area contributed by atoms with Gasteiger partial charge < -0.3 is 21.1 Å². The molecule has 2 aliphatic heterocycles. The maximum atomic E-state index is 11.8. The second-order valence-electron chi connectivity index (χ2n) is 6.10. The lowest BCUT2D eigenvalue weighted by Crippen LogP contribution is -2.46. The number of carbonyl (C=O) groups is 1. The molecular formula is C14H27IN4O2. The lowest BCUT2D eigenvalue weighted by molar-refractivity contribution is -0.132. The summed E-state index contributed by atoms with van der Waals surface area (Å²) in [6, 6.07) is 0. The van der Waals surface area contributed by atoms with Gasteiger partial charge in [0.25, 0.3) is 0 Å². The average molecular weight is 410 g/mol. The Balaban J connectivity index is 0.00000220. The van der Waals surface area contributed by atoms with Crippen LogP contribution in [0.25, 0.3) is 0 Å². The number of hydrogen-bond donors (Lipinski definition) is 2. The van der Waals surface area contributed by atoms with Crippen molar-refractivity contribution in [1.29, 1.82) is 0 Å². The quantitative estimate of drug-likeness (QED) is 0.411. The number of primary amides is 1. The lowest BCUT2D eigenvalue weighted by Gasteiger charge is -2.34. The van der Waals surface area contributed by atoms with E-state index in [-0.39, 0.29) is 29.9 Å². The molecule has 0 unspecified atom stereocenters. The molecule has 0 bridgehead atoms. The van der Waals surface area contributed by atoms with Crippen LogP contribution in [0.1, 0.15) is 32.6 Å². The molecule has 0 spiro atoms. The Kier molecular flexibility index (Phi) is 7.19. The number of nitrogens with two attached hydrogens (primary N) is 2. The molecule has 0 aliphatic carbocycles. The summed E-state index contributed by atoms with van der Waals surface area (Å²) in [6.45, 7) is 5.67. The van der Waals surface area contributed by atoms with Crippen molar-refractivity contribution < 1.29 is 9.53 Å². The molecule has 0 radical (unpaired) electrons. The number of piperidine rings is 1. The molecule has 0 aromatic heterocycles. The molecule has 0 atom stereocenters. The summed E-state index contributed by atoms with van der Waals surface area (Å²) in [5.74, 6) is 1.01. The van der Waals surface area contributed by atoms with Crippen LogP contribution in [0, 0.1) is 11.3 Å². The van der Waals surface area contributed by atoms with Crippen molar-refractivity contribution in [2.75, 3.05) is 32.8 Å². The number of aliphatic imine (C=N–C) groups is 1. The molecular weight excluding hydrogens is 383 g/mol. The summed E-state index contributed by atoms with van der Waals surface area (Å²) in [4.78, 5) is 18.3. The van der Waals surface area contributed by atoms with E-state index in [1.807, 2.05) is 0 Å². The van der Waals surface area contributed by atoms with Crippen molar-refractivity contribution in [3.05, 3.63) is 0 Å². The monoisotopic (exact) mass is 410 g/mol. The summed E-state index contributed by atoms with van der Waals surface area (Å²) >= 11 is 0. The summed E-state index contributed by atoms with van der Waals surface area (Å²) in [7, 11) is 0. The number of ether oxygens (including phenoxy) is 1. The van der Waals surface area contributed by atoms with Gasteiger partial charge in [-0.25, -0.2) is 0 Å². The Labute approximate surface area is 143 Å². The van der Waals surface area contributed by atoms with E-state index in [9.17, 15) is 4.79 Å². The van der Waals surface area contributed by atoms with Crippen LogP contribution < -0.4 is 11.5 Å². The molecule has 0 aromatic carbocycles. The van der Waals surface area contributed by atoms with Crippen LogP contribution in [0.2, 0.25) is 0 Å². The highest BCUT2D eigenvalue weighted by atomic mass is 127. The van der Waals surface area contributed by atoms with Gasteiger partial charge in [-0.2, -0.15) is 0 Å². The predicted octanol–water partition coefficient (Wildman–Crippen LogP) is 0.933. The van der Waals surface area contributed by atoms with Gasteiger partial charge in [0.1, 0.15) is 0 Å². The molecule has 2 aliphatic rings. The second kappa shape index (κ2) is 8.17. The van der Waals surface area contributed by atoms with Crippen LogP contribution in [0.3, 0.4) is 0 Å². The van der Waals surface area contributed by atoms with Crippen molar-refractivity contribution in [1.82, 2.24) is 4.90 Å². The van der Waals surface area contributed by atoms with Crippen LogP contribution >= 0.6 is 24.0 Å². The summed E-state index contributed by atoms with van der Waals surface area (Å²) in [6.07, 6.45) is 3.56. The van der Waals surface area contributed by atoms with Gasteiger partial charge in [-0.3, -0.25) is 9.79 Å². The Morgan fingerprint density at radius 2 is 1.86 bits per heavy atom. The van der Waals surface area contributed by atoms with Crippen molar-refractivity contribution in [3.8, 4) is 0 Å². The summed E-state index contributed by atoms with van der Waals surface area (Å²) < 4.78 is 5.31. The van der Waals surface area contributed by atoms with Gasteiger partial charge in [0, 0.05) is 26.3 Å². The zero-order valence-corrected chi connectivity index (χ0v) is 15.0. The Morgan fingerprint density at radius 1 is 1.29 bits per heavy atom. The first-order valence-corrected chi connectivity index (χ1v) is 7.46. The van der Waals surface area contributed by atoms with Crippen LogP contribution in [-0.2, 0) is 9.53 Å². The molecule has 7 heteroatoms. The normalized spacial score (nSPS) is 23.5. The van der Waals surface area contributed by atoms with Gasteiger partial charge in [-0.1, -0.05) is 6.92 Å². The first-order valence-electron chi connectivity index (χ1n) is 7.46. The highest BCUT2D eigenvalue weighted by molar-refractivity contribution is 14.0. The van der Waals surface area contributed by atoms with E-state index < -0.39 is 5.41 Å². The topological polar surface area (TPSA) is 93.9 Å². The van der Waals surface area contributed by atoms with Crippen molar-refractivity contribution in [2.24, 2.45) is 27.8 Å². The third-order valence-electron chi connectivity index (χ3n) is 4.62. The number of carbonyl (C=O) groups excluding carboxylic acids is 1. The molecule has 4 N–H and O–H groups in total. The number of hydrogen-bond acceptors (Lipinski definition) is 3. The first-order chi connectivity index (χ1) is 9.53. The zero-order chi connectivity index (χ0) is 14.6. The number of guanidine groups is 1. The van der Waals surface area contributed by atoms with Gasteiger partial charge in [0.15, 0.2) is 5.96 Å². The first kappa shape index (κ1) is 18.5. The largest absolute Gasteiger partial charge is 0.381 e. The SMILES string of the molecule is CC1CCN(C(N)=NCC2(C(N)=O)CCOCC2)CC1.I. The lowest BCUT2D eigenvalue weighted by atomic mass is 9.79. The fraction of sp³-hybridized carbons (Fsp3) is 0.857. The Bertz CT molecular complexity index is 375. The molecule has 2 rings (SSSR count). The minimum atomic E-state index is -0.577. The fourth-order valence-corrected chi connectivity index (χ4v) is 2.81. The van der Waals surface area contributed by atoms with Crippen LogP contribution in [0.5, 0.6) is 0 Å². The third-order valence-corrected chi connectivity index (χ3v) is 4.62. The van der Waals surface area contributed by atoms with E-state index in [4.69, 9.17) is 16.2 Å². The smallest absolute Gasteiger partial charge is 0.225 e. The summed E-state index contributed by atoms with van der Waals surface area (Å²) in [5.41, 5.74) is 11.1. The Hall–Kier alpha value is -0.570. The highest BCUT2D eigenvalue weighted by Gasteiger charge is 2.38. The zero-order valence-electron chi connectivity index (χ0n) is 12.7. The Morgan fingerprint density at radius 3 is 2.38 bits per heavy atom. The van der Waals surface area contributed by atoms with Crippen LogP contribution in [-0.4, -0.2) is 49.6 Å². The number of amides is 1. The predicted molar refractivity (Wildman–Crippen MR) is 93.6 cm³/mol. The number of likely N-dealkylation sites (tertiary alicyclic amines) is 1. The minimum Gasteiger partial charge on any atom is -0.381 e. The molecule has 6 nitrogen and oxygen atoms in total. The summed E-state index contributed by atoms with van der Waals surface area (Å²) in [5, 5.41) is 0. The van der Waals surface area contributed by atoms with E-state index >= 15 is 0 Å². The van der Waals surface area contributed by atoms with E-state index in [2.05, 4.69) is 16.8 Å². The van der Waals surface area contributed by atoms with E-state index in [1.165, 1.54) is 0 Å². The molecule has 122 valence electrons. The van der Waals surface area contributed by atoms with Crippen molar-refractivity contribution in [2.45, 2.75) is 32.6 Å². The van der Waals surface area contributed by atoms with E-state index in [0.29, 0.717) is 38.6 Å². The van der Waals surface area contributed by atoms with Crippen LogP contribution in [0.15, 0.2) is 4.99 Å². The molecule has 2 heterocycles. The molecule has 21 heavy (non-hydrogen) atoms. The number of nitrogens with zero attached hydrogens (tertiary/aromatic N) is 2. The van der Waals surface area contributed by atoms with E-state index in [0.717, 1.165) is 31.8 Å². The van der Waals surface area contributed by atoms with Gasteiger partial charge in [-0.15, -0.1) is 24.0 Å². The maximum Gasteiger partial charge on any atom is 0.225 e. The van der Waals surface area contributed by atoms with Gasteiger partial charge in [0.05, 0.1) is 12.0 Å². The fourth-order valence-electron chi connectivity index (χ4n) is 2.81. The highest BCUT2D eigenvalue weighted by Crippen LogP contribution is 2.30. The average Bonchev–Trinajstić information content (AvgIpc) is 2.46. The molecule has 2 saturated heterocycles. The van der Waals surface area contributed by atoms with Crippen molar-refractivity contribution >= 4 is 35.8 Å². The second-order valence-corrected chi connectivity index (χ2v) is 6.10.